The number of carbonyl (C=O) groups excluding carboxylic acids is 1. The highest BCUT2D eigenvalue weighted by molar-refractivity contribution is 7.99. The number of rotatable bonds is 6. The van der Waals surface area contributed by atoms with Gasteiger partial charge < -0.3 is 10.4 Å². The van der Waals surface area contributed by atoms with E-state index in [0.29, 0.717) is 15.9 Å². The first-order valence-corrected chi connectivity index (χ1v) is 9.15. The van der Waals surface area contributed by atoms with Crippen molar-refractivity contribution < 1.29 is 28.0 Å². The summed E-state index contributed by atoms with van der Waals surface area (Å²) >= 11 is 5.30. The molecule has 0 aliphatic carbocycles. The molecule has 0 spiro atoms. The van der Waals surface area contributed by atoms with Gasteiger partial charge in [0.1, 0.15) is 5.60 Å². The summed E-state index contributed by atoms with van der Waals surface area (Å²) < 4.78 is 39.6. The summed E-state index contributed by atoms with van der Waals surface area (Å²) in [4.78, 5) is 23.5. The van der Waals surface area contributed by atoms with Crippen molar-refractivity contribution in [3.63, 3.8) is 0 Å². The topological polar surface area (TPSA) is 92.5 Å². The van der Waals surface area contributed by atoms with E-state index in [4.69, 9.17) is 0 Å². The Morgan fingerprint density at radius 1 is 1.29 bits per heavy atom. The monoisotopic (exact) mass is 432 g/mol. The van der Waals surface area contributed by atoms with E-state index in [9.17, 15) is 33.2 Å². The average Bonchev–Trinajstić information content (AvgIpc) is 2.59. The van der Waals surface area contributed by atoms with Crippen LogP contribution in [-0.2, 0) is 11.0 Å². The molecule has 2 aromatic carbocycles. The Labute approximate surface area is 167 Å². The number of nitro groups is 1. The van der Waals surface area contributed by atoms with E-state index in [0.717, 1.165) is 23.9 Å². The number of nitrogens with one attached hydrogen (secondary N) is 1. The highest BCUT2D eigenvalue weighted by Gasteiger charge is 2.37. The lowest BCUT2D eigenvalue weighted by atomic mass is 10.1. The van der Waals surface area contributed by atoms with Crippen molar-refractivity contribution in [1.29, 1.82) is 0 Å². The standard InChI is InChI=1S/C17H15F3N2O4S2/c1-16(24,9-28-12-4-2-3-11(27)8-12)15(23)21-14-6-5-10(22(25)26)7-13(14)17(18,19)20/h2-8,24,27H,9H2,1H3,(H,21,23). The molecular formula is C17H15F3N2O4S2. The van der Waals surface area contributed by atoms with Gasteiger partial charge in [-0.15, -0.1) is 24.4 Å². The molecule has 11 heteroatoms. The summed E-state index contributed by atoms with van der Waals surface area (Å²) in [6.07, 6.45) is -4.93. The van der Waals surface area contributed by atoms with Crippen LogP contribution in [0.15, 0.2) is 52.3 Å². The fraction of sp³-hybridized carbons (Fsp3) is 0.235. The number of aliphatic hydroxyl groups is 1. The highest BCUT2D eigenvalue weighted by Crippen LogP contribution is 2.37. The van der Waals surface area contributed by atoms with Crippen molar-refractivity contribution in [2.75, 3.05) is 11.1 Å². The van der Waals surface area contributed by atoms with Crippen molar-refractivity contribution in [3.05, 3.63) is 58.1 Å². The molecule has 0 saturated heterocycles. The Hall–Kier alpha value is -2.24. The quantitative estimate of drug-likeness (QED) is 0.273. The van der Waals surface area contributed by atoms with E-state index in [1.54, 1.807) is 24.3 Å². The Balaban J connectivity index is 2.19. The van der Waals surface area contributed by atoms with Crippen molar-refractivity contribution in [1.82, 2.24) is 0 Å². The molecule has 2 aromatic rings. The van der Waals surface area contributed by atoms with Gasteiger partial charge in [0.25, 0.3) is 11.6 Å². The number of benzene rings is 2. The molecule has 0 saturated carbocycles. The van der Waals surface area contributed by atoms with Gasteiger partial charge in [0.15, 0.2) is 0 Å². The van der Waals surface area contributed by atoms with Gasteiger partial charge in [-0.2, -0.15) is 13.2 Å². The minimum absolute atomic E-state index is 0.135. The summed E-state index contributed by atoms with van der Waals surface area (Å²) in [7, 11) is 0. The van der Waals surface area contributed by atoms with Gasteiger partial charge in [-0.1, -0.05) is 6.07 Å². The third-order valence-electron chi connectivity index (χ3n) is 3.59. The van der Waals surface area contributed by atoms with Crippen molar-refractivity contribution >= 4 is 41.7 Å². The largest absolute Gasteiger partial charge is 0.418 e. The first-order valence-electron chi connectivity index (χ1n) is 7.71. The number of hydrogen-bond acceptors (Lipinski definition) is 6. The van der Waals surface area contributed by atoms with Crippen LogP contribution in [0.5, 0.6) is 0 Å². The predicted octanol–water partition coefficient (Wildman–Crippen LogP) is 4.38. The summed E-state index contributed by atoms with van der Waals surface area (Å²) in [5.41, 5.74) is -4.81. The van der Waals surface area contributed by atoms with E-state index in [2.05, 4.69) is 12.6 Å². The zero-order valence-corrected chi connectivity index (χ0v) is 16.1. The van der Waals surface area contributed by atoms with Gasteiger partial charge in [0.2, 0.25) is 0 Å². The number of thiol groups is 1. The van der Waals surface area contributed by atoms with E-state index >= 15 is 0 Å². The molecule has 0 radical (unpaired) electrons. The number of amides is 1. The van der Waals surface area contributed by atoms with Crippen LogP contribution in [0.1, 0.15) is 12.5 Å². The van der Waals surface area contributed by atoms with Crippen molar-refractivity contribution in [2.24, 2.45) is 0 Å². The summed E-state index contributed by atoms with van der Waals surface area (Å²) in [6, 6.07) is 8.86. The number of thioether (sulfide) groups is 1. The minimum atomic E-state index is -4.93. The maximum absolute atomic E-state index is 13.2. The molecule has 150 valence electrons. The fourth-order valence-corrected chi connectivity index (χ4v) is 3.39. The number of halogens is 3. The van der Waals surface area contributed by atoms with Crippen molar-refractivity contribution in [2.45, 2.75) is 28.5 Å². The summed E-state index contributed by atoms with van der Waals surface area (Å²) in [5.74, 6) is -1.20. The molecule has 1 unspecified atom stereocenters. The van der Waals surface area contributed by atoms with Crippen molar-refractivity contribution in [3.8, 4) is 0 Å². The Morgan fingerprint density at radius 2 is 1.96 bits per heavy atom. The molecule has 0 heterocycles. The SMILES string of the molecule is CC(O)(CSc1cccc(S)c1)C(=O)Nc1ccc([N+](=O)[O-])cc1C(F)(F)F. The maximum Gasteiger partial charge on any atom is 0.418 e. The van der Waals surface area contributed by atoms with Gasteiger partial charge in [0.05, 0.1) is 16.2 Å². The van der Waals surface area contributed by atoms with Crippen LogP contribution >= 0.6 is 24.4 Å². The molecule has 6 nitrogen and oxygen atoms in total. The Bertz CT molecular complexity index is 904. The number of non-ortho nitro benzene ring substituents is 1. The lowest BCUT2D eigenvalue weighted by molar-refractivity contribution is -0.385. The number of nitrogens with zero attached hydrogens (tertiary/aromatic N) is 1. The van der Waals surface area contributed by atoms with Gasteiger partial charge in [-0.05, 0) is 31.2 Å². The zero-order valence-electron chi connectivity index (χ0n) is 14.4. The first-order chi connectivity index (χ1) is 12.9. The van der Waals surface area contributed by atoms with Crippen LogP contribution in [-0.4, -0.2) is 27.3 Å². The second-order valence-electron chi connectivity index (χ2n) is 6.00. The maximum atomic E-state index is 13.2. The van der Waals surface area contributed by atoms with Gasteiger partial charge in [0, 0.05) is 27.7 Å². The Morgan fingerprint density at radius 3 is 2.54 bits per heavy atom. The van der Waals surface area contributed by atoms with Crippen LogP contribution in [0.2, 0.25) is 0 Å². The van der Waals surface area contributed by atoms with Gasteiger partial charge in [-0.3, -0.25) is 14.9 Å². The Kier molecular flexibility index (Phi) is 6.63. The summed E-state index contributed by atoms with van der Waals surface area (Å²) in [5, 5.41) is 23.1. The molecule has 0 bridgehead atoms. The summed E-state index contributed by atoms with van der Waals surface area (Å²) in [6.45, 7) is 1.17. The van der Waals surface area contributed by atoms with E-state index < -0.39 is 39.5 Å². The van der Waals surface area contributed by atoms with Gasteiger partial charge >= 0.3 is 6.18 Å². The van der Waals surface area contributed by atoms with E-state index in [1.807, 2.05) is 5.32 Å². The normalized spacial score (nSPS) is 13.6. The molecule has 28 heavy (non-hydrogen) atoms. The molecule has 0 aliphatic heterocycles. The fourth-order valence-electron chi connectivity index (χ4n) is 2.11. The van der Waals surface area contributed by atoms with Crippen LogP contribution in [0, 0.1) is 10.1 Å². The average molecular weight is 432 g/mol. The zero-order chi connectivity index (χ0) is 21.1. The number of hydrogen-bond donors (Lipinski definition) is 3. The minimum Gasteiger partial charge on any atom is -0.379 e. The molecule has 2 rings (SSSR count). The number of nitro benzene ring substituents is 1. The van der Waals surface area contributed by atoms with E-state index in [-0.39, 0.29) is 5.75 Å². The predicted molar refractivity (Wildman–Crippen MR) is 102 cm³/mol. The molecule has 1 atom stereocenters. The number of carbonyl (C=O) groups is 1. The van der Waals surface area contributed by atoms with Gasteiger partial charge in [-0.25, -0.2) is 0 Å². The highest BCUT2D eigenvalue weighted by atomic mass is 32.2. The number of anilines is 1. The third-order valence-corrected chi connectivity index (χ3v) is 5.17. The number of alkyl halides is 3. The molecule has 1 amide bonds. The molecule has 0 aliphatic rings. The first kappa shape index (κ1) is 22.1. The van der Waals surface area contributed by atoms with Crippen LogP contribution in [0.3, 0.4) is 0 Å². The third kappa shape index (κ3) is 5.63. The lowest BCUT2D eigenvalue weighted by Gasteiger charge is -2.23. The second-order valence-corrected chi connectivity index (χ2v) is 7.56. The molecule has 0 aromatic heterocycles. The molecular weight excluding hydrogens is 417 g/mol. The smallest absolute Gasteiger partial charge is 0.379 e. The van der Waals surface area contributed by atoms with E-state index in [1.165, 1.54) is 6.92 Å². The lowest BCUT2D eigenvalue weighted by Crippen LogP contribution is -2.42. The van der Waals surface area contributed by atoms with Crippen LogP contribution in [0.4, 0.5) is 24.5 Å². The second kappa shape index (κ2) is 8.41. The van der Waals surface area contributed by atoms with Crippen LogP contribution in [0.25, 0.3) is 0 Å². The molecule has 0 fully saturated rings. The van der Waals surface area contributed by atoms with Crippen LogP contribution < -0.4 is 5.32 Å². The molecule has 2 N–H and O–H groups in total.